The summed E-state index contributed by atoms with van der Waals surface area (Å²) in [5, 5.41) is 38.7. The van der Waals surface area contributed by atoms with E-state index < -0.39 is 64.0 Å². The molecule has 0 saturated carbocycles. The van der Waals surface area contributed by atoms with Gasteiger partial charge in [-0.3, -0.25) is 18.6 Å². The van der Waals surface area contributed by atoms with E-state index in [4.69, 9.17) is 19.1 Å². The van der Waals surface area contributed by atoms with E-state index in [1.165, 1.54) is 70.6 Å². The molecule has 0 rings (SSSR count). The highest BCUT2D eigenvalue weighted by atomic mass is 31.2. The van der Waals surface area contributed by atoms with Gasteiger partial charge in [-0.15, -0.1) is 0 Å². The monoisotopic (exact) mass is 809 g/mol. The van der Waals surface area contributed by atoms with Gasteiger partial charge < -0.3 is 34.8 Å². The topological polar surface area (TPSA) is 189 Å². The van der Waals surface area contributed by atoms with Gasteiger partial charge in [0.15, 0.2) is 6.10 Å². The number of phosphoric acid groups is 1. The first-order valence-electron chi connectivity index (χ1n) is 21.7. The molecule has 0 aliphatic heterocycles. The second kappa shape index (κ2) is 36.9. The summed E-state index contributed by atoms with van der Waals surface area (Å²) in [5.74, 6) is -0.230. The number of hydrogen-bond donors (Lipinski definition) is 5. The van der Waals surface area contributed by atoms with Gasteiger partial charge in [-0.1, -0.05) is 148 Å². The van der Waals surface area contributed by atoms with Gasteiger partial charge in [0.05, 0.1) is 32.0 Å². The first kappa shape index (κ1) is 53.6. The second-order valence-electron chi connectivity index (χ2n) is 15.5. The minimum atomic E-state index is -4.65. The van der Waals surface area contributed by atoms with Crippen LogP contribution in [0, 0.1) is 5.92 Å². The molecule has 0 saturated heterocycles. The van der Waals surface area contributed by atoms with Crippen molar-refractivity contribution in [3.63, 3.8) is 0 Å². The molecule has 0 heterocycles. The Morgan fingerprint density at radius 3 is 1.67 bits per heavy atom. The Balaban J connectivity index is 4.40. The van der Waals surface area contributed by atoms with E-state index in [2.05, 4.69) is 31.4 Å². The predicted octanol–water partition coefficient (Wildman–Crippen LogP) is 9.02. The maximum Gasteiger partial charge on any atom is 0.472 e. The van der Waals surface area contributed by atoms with Crippen LogP contribution < -0.4 is 0 Å². The highest BCUT2D eigenvalue weighted by molar-refractivity contribution is 7.47. The fourth-order valence-corrected chi connectivity index (χ4v) is 6.81. The summed E-state index contributed by atoms with van der Waals surface area (Å²) in [7, 11) is -4.65. The van der Waals surface area contributed by atoms with E-state index in [9.17, 15) is 34.4 Å². The average molecular weight is 809 g/mol. The average Bonchev–Trinajstić information content (AvgIpc) is 3.15. The molecule has 0 aromatic heterocycles. The minimum absolute atomic E-state index is 0.0881. The lowest BCUT2D eigenvalue weighted by molar-refractivity contribution is -0.161. The second-order valence-corrected chi connectivity index (χ2v) is 17.0. The fourth-order valence-electron chi connectivity index (χ4n) is 6.02. The molecule has 0 aromatic rings. The van der Waals surface area contributed by atoms with Crippen molar-refractivity contribution in [2.45, 2.75) is 212 Å². The Hall–Kier alpha value is -1.37. The molecule has 1 unspecified atom stereocenters. The smallest absolute Gasteiger partial charge is 0.462 e. The zero-order valence-electron chi connectivity index (χ0n) is 34.8. The number of rotatable bonds is 40. The third-order valence-corrected chi connectivity index (χ3v) is 10.5. The predicted molar refractivity (Wildman–Crippen MR) is 217 cm³/mol. The summed E-state index contributed by atoms with van der Waals surface area (Å²) in [6, 6.07) is 0. The van der Waals surface area contributed by atoms with E-state index in [1.54, 1.807) is 0 Å². The van der Waals surface area contributed by atoms with E-state index in [1.807, 2.05) is 6.08 Å². The third-order valence-electron chi connectivity index (χ3n) is 9.55. The summed E-state index contributed by atoms with van der Waals surface area (Å²) in [5.41, 5.74) is 0. The van der Waals surface area contributed by atoms with Crippen molar-refractivity contribution >= 4 is 19.8 Å². The molecular weight excluding hydrogens is 727 g/mol. The van der Waals surface area contributed by atoms with Crippen molar-refractivity contribution < 1.29 is 58.0 Å². The molecule has 0 amide bonds. The van der Waals surface area contributed by atoms with Crippen molar-refractivity contribution in [3.05, 3.63) is 12.2 Å². The molecule has 0 aromatic carbocycles. The van der Waals surface area contributed by atoms with Crippen LogP contribution in [0.5, 0.6) is 0 Å². The summed E-state index contributed by atoms with van der Waals surface area (Å²) in [4.78, 5) is 35.0. The largest absolute Gasteiger partial charge is 0.472 e. The van der Waals surface area contributed by atoms with E-state index in [-0.39, 0.29) is 19.4 Å². The lowest BCUT2D eigenvalue weighted by atomic mass is 10.0. The molecule has 5 atom stereocenters. The number of carbonyl (C=O) groups excluding carboxylic acids is 2. The standard InChI is InChI=1S/C42H81O12P/c1-4-5-6-7-18-23-28-39(45)40(46)29-24-19-16-21-26-31-42(48)54-38(35-53-55(49,50)52-33-37(44)32-43)34-51-41(47)30-25-20-15-13-11-9-8-10-12-14-17-22-27-36(2)3/h18,23,36-40,43-46H,4-17,19-22,24-35H2,1-3H3,(H,49,50)/b23-18-/t37-,38+,39-,40-/m0/s1. The van der Waals surface area contributed by atoms with Crippen LogP contribution >= 0.6 is 7.82 Å². The van der Waals surface area contributed by atoms with Gasteiger partial charge in [0.25, 0.3) is 0 Å². The van der Waals surface area contributed by atoms with E-state index >= 15 is 0 Å². The van der Waals surface area contributed by atoms with Gasteiger partial charge in [-0.05, 0) is 44.4 Å². The van der Waals surface area contributed by atoms with Gasteiger partial charge in [0, 0.05) is 12.8 Å². The SMILES string of the molecule is CCCCC/C=C\C[C@H](O)[C@@H](O)CCCCCCCC(=O)O[C@H](COC(=O)CCCCCCCCCCCCCCC(C)C)COP(=O)(O)OC[C@@H](O)CO. The van der Waals surface area contributed by atoms with Crippen molar-refractivity contribution in [2.75, 3.05) is 26.4 Å². The fraction of sp³-hybridized carbons (Fsp3) is 0.905. The maximum atomic E-state index is 12.6. The Morgan fingerprint density at radius 2 is 1.13 bits per heavy atom. The third kappa shape index (κ3) is 36.7. The lowest BCUT2D eigenvalue weighted by Crippen LogP contribution is -2.29. The van der Waals surface area contributed by atoms with Crippen LogP contribution in [-0.2, 0) is 32.7 Å². The maximum absolute atomic E-state index is 12.6. The number of carbonyl (C=O) groups is 2. The van der Waals surface area contributed by atoms with Crippen molar-refractivity contribution in [2.24, 2.45) is 5.92 Å². The number of ether oxygens (including phenoxy) is 2. The van der Waals surface area contributed by atoms with Gasteiger partial charge in [-0.25, -0.2) is 4.57 Å². The van der Waals surface area contributed by atoms with Gasteiger partial charge in [0.1, 0.15) is 12.7 Å². The number of aliphatic hydroxyl groups is 4. The van der Waals surface area contributed by atoms with E-state index in [0.29, 0.717) is 25.7 Å². The van der Waals surface area contributed by atoms with Gasteiger partial charge in [-0.2, -0.15) is 0 Å². The van der Waals surface area contributed by atoms with Crippen LogP contribution in [0.4, 0.5) is 0 Å². The first-order chi connectivity index (χ1) is 26.4. The molecule has 55 heavy (non-hydrogen) atoms. The first-order valence-corrected chi connectivity index (χ1v) is 23.2. The number of phosphoric ester groups is 1. The molecule has 0 fully saturated rings. The number of hydrogen-bond acceptors (Lipinski definition) is 11. The van der Waals surface area contributed by atoms with Crippen LogP contribution in [-0.4, -0.2) is 88.1 Å². The zero-order valence-corrected chi connectivity index (χ0v) is 35.7. The molecule has 0 aliphatic carbocycles. The molecule has 326 valence electrons. The normalized spacial score (nSPS) is 15.2. The summed E-state index contributed by atoms with van der Waals surface area (Å²) in [6.45, 7) is 4.47. The summed E-state index contributed by atoms with van der Waals surface area (Å²) in [6.07, 6.45) is 24.9. The number of aliphatic hydroxyl groups excluding tert-OH is 4. The molecule has 12 nitrogen and oxygen atoms in total. The van der Waals surface area contributed by atoms with Crippen LogP contribution in [0.2, 0.25) is 0 Å². The highest BCUT2D eigenvalue weighted by Crippen LogP contribution is 2.43. The molecule has 13 heteroatoms. The van der Waals surface area contributed by atoms with Crippen LogP contribution in [0.1, 0.15) is 188 Å². The molecule has 0 spiro atoms. The zero-order chi connectivity index (χ0) is 41.0. The van der Waals surface area contributed by atoms with Crippen molar-refractivity contribution in [1.29, 1.82) is 0 Å². The van der Waals surface area contributed by atoms with Crippen molar-refractivity contribution in [3.8, 4) is 0 Å². The lowest BCUT2D eigenvalue weighted by Gasteiger charge is -2.20. The van der Waals surface area contributed by atoms with E-state index in [0.717, 1.165) is 63.7 Å². The summed E-state index contributed by atoms with van der Waals surface area (Å²) >= 11 is 0. The van der Waals surface area contributed by atoms with Crippen LogP contribution in [0.15, 0.2) is 12.2 Å². The van der Waals surface area contributed by atoms with Gasteiger partial charge >= 0.3 is 19.8 Å². The Labute approximate surface area is 333 Å². The molecule has 0 bridgehead atoms. The van der Waals surface area contributed by atoms with Crippen molar-refractivity contribution in [1.82, 2.24) is 0 Å². The van der Waals surface area contributed by atoms with Crippen LogP contribution in [0.3, 0.4) is 0 Å². The Bertz CT molecular complexity index is 978. The Kier molecular flexibility index (Phi) is 36.0. The minimum Gasteiger partial charge on any atom is -0.462 e. The molecule has 5 N–H and O–H groups in total. The molecule has 0 aliphatic rings. The Morgan fingerprint density at radius 1 is 0.618 bits per heavy atom. The highest BCUT2D eigenvalue weighted by Gasteiger charge is 2.27. The summed E-state index contributed by atoms with van der Waals surface area (Å²) < 4.78 is 32.6. The molecule has 0 radical (unpaired) electrons. The molecular formula is C42H81O12P. The quantitative estimate of drug-likeness (QED) is 0.0171. The number of unbranched alkanes of at least 4 members (excludes halogenated alkanes) is 18. The number of esters is 2. The number of allylic oxidation sites excluding steroid dienone is 1. The van der Waals surface area contributed by atoms with Gasteiger partial charge in [0.2, 0.25) is 0 Å². The van der Waals surface area contributed by atoms with Crippen LogP contribution in [0.25, 0.3) is 0 Å².